The van der Waals surface area contributed by atoms with Gasteiger partial charge in [-0.3, -0.25) is 0 Å². The molecule has 2 aromatic carbocycles. The lowest BCUT2D eigenvalue weighted by molar-refractivity contribution is 0.241. The van der Waals surface area contributed by atoms with Gasteiger partial charge in [-0.25, -0.2) is 14.8 Å². The number of hydrogen-bond acceptors (Lipinski definition) is 3. The molecule has 5 heteroatoms. The lowest BCUT2D eigenvalue weighted by Gasteiger charge is -2.08. The third-order valence-corrected chi connectivity index (χ3v) is 3.98. The largest absolute Gasteiger partial charge is 0.338 e. The summed E-state index contributed by atoms with van der Waals surface area (Å²) in [6, 6.07) is 19.8. The minimum Gasteiger partial charge on any atom is -0.338 e. The number of urea groups is 1. The first kappa shape index (κ1) is 17.6. The summed E-state index contributed by atoms with van der Waals surface area (Å²) in [4.78, 5) is 20.6. The molecule has 2 amide bonds. The van der Waals surface area contributed by atoms with E-state index in [0.29, 0.717) is 25.3 Å². The second kappa shape index (κ2) is 9.32. The van der Waals surface area contributed by atoms with Crippen LogP contribution in [0.2, 0.25) is 0 Å². The topological polar surface area (TPSA) is 66.9 Å². The minimum absolute atomic E-state index is 0.150. The van der Waals surface area contributed by atoms with Crippen molar-refractivity contribution in [2.45, 2.75) is 12.8 Å². The predicted octanol–water partition coefficient (Wildman–Crippen LogP) is 3.23. The Morgan fingerprint density at radius 2 is 1.27 bits per heavy atom. The highest BCUT2D eigenvalue weighted by Gasteiger charge is 2.03. The summed E-state index contributed by atoms with van der Waals surface area (Å²) in [5, 5.41) is 5.72. The van der Waals surface area contributed by atoms with Crippen molar-refractivity contribution in [3.05, 3.63) is 84.2 Å². The molecule has 1 aromatic heterocycles. The number of rotatable bonds is 7. The molecule has 0 spiro atoms. The van der Waals surface area contributed by atoms with Gasteiger partial charge in [0.15, 0.2) is 5.82 Å². The van der Waals surface area contributed by atoms with Gasteiger partial charge < -0.3 is 10.6 Å². The van der Waals surface area contributed by atoms with E-state index in [2.05, 4.69) is 32.7 Å². The summed E-state index contributed by atoms with van der Waals surface area (Å²) < 4.78 is 0. The van der Waals surface area contributed by atoms with E-state index in [1.54, 1.807) is 0 Å². The maximum absolute atomic E-state index is 11.8. The highest BCUT2D eigenvalue weighted by molar-refractivity contribution is 5.73. The molecule has 26 heavy (non-hydrogen) atoms. The first-order chi connectivity index (χ1) is 12.8. The van der Waals surface area contributed by atoms with Crippen molar-refractivity contribution in [1.29, 1.82) is 0 Å². The maximum Gasteiger partial charge on any atom is 0.314 e. The van der Waals surface area contributed by atoms with Crippen LogP contribution in [0.5, 0.6) is 0 Å². The van der Waals surface area contributed by atoms with Gasteiger partial charge >= 0.3 is 6.03 Å². The first-order valence-electron chi connectivity index (χ1n) is 8.73. The van der Waals surface area contributed by atoms with Crippen LogP contribution in [-0.2, 0) is 12.8 Å². The Bertz CT molecular complexity index is 804. The highest BCUT2D eigenvalue weighted by Crippen LogP contribution is 2.13. The molecule has 0 aliphatic rings. The smallest absolute Gasteiger partial charge is 0.314 e. The van der Waals surface area contributed by atoms with Crippen LogP contribution in [0, 0.1) is 0 Å². The van der Waals surface area contributed by atoms with Crippen LogP contribution in [0.4, 0.5) is 4.79 Å². The second-order valence-electron chi connectivity index (χ2n) is 5.95. The summed E-state index contributed by atoms with van der Waals surface area (Å²) in [5.41, 5.74) is 3.20. The molecule has 3 rings (SSSR count). The minimum atomic E-state index is -0.150. The number of aromatic nitrogens is 2. The van der Waals surface area contributed by atoms with Crippen molar-refractivity contribution in [3.63, 3.8) is 0 Å². The van der Waals surface area contributed by atoms with Gasteiger partial charge in [-0.05, 0) is 24.0 Å². The van der Waals surface area contributed by atoms with Gasteiger partial charge in [-0.2, -0.15) is 0 Å². The summed E-state index contributed by atoms with van der Waals surface area (Å²) in [6.45, 7) is 1.16. The molecule has 132 valence electrons. The van der Waals surface area contributed by atoms with Crippen molar-refractivity contribution < 1.29 is 4.79 Å². The number of carbonyl (C=O) groups excluding carboxylic acids is 1. The number of nitrogens with zero attached hydrogens (tertiary/aromatic N) is 2. The maximum atomic E-state index is 11.8. The predicted molar refractivity (Wildman–Crippen MR) is 103 cm³/mol. The fraction of sp³-hybridized carbons (Fsp3) is 0.190. The van der Waals surface area contributed by atoms with Crippen LogP contribution < -0.4 is 10.6 Å². The van der Waals surface area contributed by atoms with Gasteiger partial charge in [0.2, 0.25) is 0 Å². The van der Waals surface area contributed by atoms with E-state index >= 15 is 0 Å². The molecule has 0 saturated carbocycles. The Kier molecular flexibility index (Phi) is 6.31. The molecule has 0 aliphatic carbocycles. The zero-order chi connectivity index (χ0) is 18.0. The van der Waals surface area contributed by atoms with E-state index in [-0.39, 0.29) is 6.03 Å². The average molecular weight is 346 g/mol. The summed E-state index contributed by atoms with van der Waals surface area (Å²) in [6.07, 6.45) is 5.14. The summed E-state index contributed by atoms with van der Waals surface area (Å²) in [7, 11) is 0. The van der Waals surface area contributed by atoms with E-state index in [1.807, 2.05) is 60.9 Å². The van der Waals surface area contributed by atoms with E-state index in [9.17, 15) is 4.79 Å². The number of nitrogens with one attached hydrogen (secondary N) is 2. The monoisotopic (exact) mass is 346 g/mol. The third-order valence-electron chi connectivity index (χ3n) is 3.98. The fourth-order valence-electron chi connectivity index (χ4n) is 2.57. The van der Waals surface area contributed by atoms with Crippen LogP contribution in [0.25, 0.3) is 11.4 Å². The number of carbonyl (C=O) groups is 1. The lowest BCUT2D eigenvalue weighted by Crippen LogP contribution is -2.37. The molecule has 0 fully saturated rings. The van der Waals surface area contributed by atoms with Crippen molar-refractivity contribution in [3.8, 4) is 11.4 Å². The average Bonchev–Trinajstić information content (AvgIpc) is 2.70. The van der Waals surface area contributed by atoms with Gasteiger partial charge in [-0.1, -0.05) is 60.7 Å². The number of hydrogen-bond donors (Lipinski definition) is 2. The highest BCUT2D eigenvalue weighted by atomic mass is 16.2. The van der Waals surface area contributed by atoms with Crippen LogP contribution in [0.3, 0.4) is 0 Å². The molecule has 2 N–H and O–H groups in total. The molecule has 1 heterocycles. The van der Waals surface area contributed by atoms with Gasteiger partial charge in [0, 0.05) is 31.0 Å². The van der Waals surface area contributed by atoms with Crippen molar-refractivity contribution in [1.82, 2.24) is 20.6 Å². The zero-order valence-corrected chi connectivity index (χ0v) is 14.6. The van der Waals surface area contributed by atoms with Crippen molar-refractivity contribution in [2.75, 3.05) is 13.1 Å². The molecule has 0 atom stereocenters. The molecule has 5 nitrogen and oxygen atoms in total. The van der Waals surface area contributed by atoms with Crippen LogP contribution >= 0.6 is 0 Å². The molecule has 3 aromatic rings. The molecule has 0 unspecified atom stereocenters. The molecule has 0 radical (unpaired) electrons. The fourth-order valence-corrected chi connectivity index (χ4v) is 2.57. The van der Waals surface area contributed by atoms with Crippen molar-refractivity contribution in [2.24, 2.45) is 0 Å². The molecule has 0 bridgehead atoms. The summed E-state index contributed by atoms with van der Waals surface area (Å²) in [5.74, 6) is 0.709. The van der Waals surface area contributed by atoms with Gasteiger partial charge in [0.1, 0.15) is 0 Å². The Balaban J connectivity index is 1.37. The Morgan fingerprint density at radius 3 is 1.88 bits per heavy atom. The SMILES string of the molecule is O=C(NCCc1ccccc1)NCCc1cnc(-c2ccccc2)nc1. The van der Waals surface area contributed by atoms with Gasteiger partial charge in [-0.15, -0.1) is 0 Å². The zero-order valence-electron chi connectivity index (χ0n) is 14.6. The number of benzene rings is 2. The Morgan fingerprint density at radius 1 is 0.731 bits per heavy atom. The van der Waals surface area contributed by atoms with E-state index in [0.717, 1.165) is 17.5 Å². The quantitative estimate of drug-likeness (QED) is 0.690. The number of amides is 2. The summed E-state index contributed by atoms with van der Waals surface area (Å²) >= 11 is 0. The molecular formula is C21H22N4O. The second-order valence-corrected chi connectivity index (χ2v) is 5.95. The standard InChI is InChI=1S/C21H22N4O/c26-21(22-13-11-17-7-3-1-4-8-17)23-14-12-18-15-24-20(25-16-18)19-9-5-2-6-10-19/h1-10,15-16H,11-14H2,(H2,22,23,26). The third kappa shape index (κ3) is 5.41. The molecule has 0 saturated heterocycles. The van der Waals surface area contributed by atoms with Gasteiger partial charge in [0.05, 0.1) is 0 Å². The van der Waals surface area contributed by atoms with E-state index in [1.165, 1.54) is 5.56 Å². The van der Waals surface area contributed by atoms with Crippen LogP contribution in [-0.4, -0.2) is 29.1 Å². The first-order valence-corrected chi connectivity index (χ1v) is 8.73. The Labute approximate surface area is 153 Å². The van der Waals surface area contributed by atoms with Gasteiger partial charge in [0.25, 0.3) is 0 Å². The van der Waals surface area contributed by atoms with Crippen molar-refractivity contribution >= 4 is 6.03 Å². The van der Waals surface area contributed by atoms with Crippen LogP contribution in [0.15, 0.2) is 73.1 Å². The van der Waals surface area contributed by atoms with E-state index < -0.39 is 0 Å². The normalized spacial score (nSPS) is 10.3. The lowest BCUT2D eigenvalue weighted by atomic mass is 10.1. The van der Waals surface area contributed by atoms with Crippen LogP contribution in [0.1, 0.15) is 11.1 Å². The van der Waals surface area contributed by atoms with E-state index in [4.69, 9.17) is 0 Å². The molecular weight excluding hydrogens is 324 g/mol. The molecule has 0 aliphatic heterocycles. The Hall–Kier alpha value is -3.21.